The zero-order chi connectivity index (χ0) is 18.5. The maximum atomic E-state index is 5.95. The Labute approximate surface area is 161 Å². The van der Waals surface area contributed by atoms with E-state index in [0.29, 0.717) is 5.89 Å². The molecular weight excluding hydrogens is 348 g/mol. The number of fused-ring (bicyclic) bond motifs is 3. The van der Waals surface area contributed by atoms with Gasteiger partial charge < -0.3 is 14.7 Å². The highest BCUT2D eigenvalue weighted by molar-refractivity contribution is 5.78. The smallest absolute Gasteiger partial charge is 0.227 e. The van der Waals surface area contributed by atoms with Crippen LogP contribution < -0.4 is 5.32 Å². The van der Waals surface area contributed by atoms with Crippen LogP contribution in [-0.2, 0) is 6.42 Å². The average molecular weight is 366 g/mol. The third kappa shape index (κ3) is 2.47. The van der Waals surface area contributed by atoms with Crippen molar-refractivity contribution in [2.24, 2.45) is 0 Å². The fourth-order valence-electron chi connectivity index (χ4n) is 4.04. The quantitative estimate of drug-likeness (QED) is 0.435. The number of nitrogens with zero attached hydrogens (tertiary/aromatic N) is 2. The number of hydrogen-bond acceptors (Lipinski definition) is 4. The first-order valence-electron chi connectivity index (χ1n) is 9.52. The SMILES string of the molecule is c1ccc2oc(-c3ccc4c(c3)NC(c3ccc5nc[nH]c5c3)CC4)nc2c1. The topological polar surface area (TPSA) is 66.7 Å². The van der Waals surface area contributed by atoms with Crippen molar-refractivity contribution in [3.8, 4) is 11.5 Å². The lowest BCUT2D eigenvalue weighted by Gasteiger charge is -2.27. The number of aryl methyl sites for hydroxylation is 1. The van der Waals surface area contributed by atoms with Crippen LogP contribution in [0, 0.1) is 0 Å². The molecule has 1 atom stereocenters. The summed E-state index contributed by atoms with van der Waals surface area (Å²) in [5.41, 5.74) is 8.52. The Morgan fingerprint density at radius 1 is 0.964 bits per heavy atom. The van der Waals surface area contributed by atoms with Crippen molar-refractivity contribution >= 4 is 27.8 Å². The molecule has 2 aromatic heterocycles. The third-order valence-corrected chi connectivity index (χ3v) is 5.53. The summed E-state index contributed by atoms with van der Waals surface area (Å²) < 4.78 is 5.95. The molecule has 0 aliphatic carbocycles. The zero-order valence-corrected chi connectivity index (χ0v) is 15.1. The molecule has 3 heterocycles. The Hall–Kier alpha value is -3.60. The molecule has 0 amide bonds. The summed E-state index contributed by atoms with van der Waals surface area (Å²) in [6.07, 6.45) is 3.85. The number of rotatable bonds is 2. The van der Waals surface area contributed by atoms with Gasteiger partial charge in [-0.3, -0.25) is 0 Å². The van der Waals surface area contributed by atoms with Crippen LogP contribution in [-0.4, -0.2) is 15.0 Å². The van der Waals surface area contributed by atoms with Crippen LogP contribution in [0.3, 0.4) is 0 Å². The van der Waals surface area contributed by atoms with E-state index in [-0.39, 0.29) is 6.04 Å². The van der Waals surface area contributed by atoms with Gasteiger partial charge in [0.05, 0.1) is 23.4 Å². The molecule has 3 aromatic carbocycles. The predicted octanol–water partition coefficient (Wildman–Crippen LogP) is 5.47. The van der Waals surface area contributed by atoms with Crippen molar-refractivity contribution in [2.45, 2.75) is 18.9 Å². The Morgan fingerprint density at radius 2 is 1.93 bits per heavy atom. The first-order valence-corrected chi connectivity index (χ1v) is 9.52. The Morgan fingerprint density at radius 3 is 2.89 bits per heavy atom. The number of hydrogen-bond donors (Lipinski definition) is 2. The molecule has 0 fully saturated rings. The minimum Gasteiger partial charge on any atom is -0.436 e. The van der Waals surface area contributed by atoms with Crippen LogP contribution in [0.1, 0.15) is 23.6 Å². The lowest BCUT2D eigenvalue weighted by Crippen LogP contribution is -2.18. The van der Waals surface area contributed by atoms with E-state index in [2.05, 4.69) is 56.7 Å². The second-order valence-electron chi connectivity index (χ2n) is 7.27. The second-order valence-corrected chi connectivity index (χ2v) is 7.27. The van der Waals surface area contributed by atoms with Gasteiger partial charge in [0, 0.05) is 11.3 Å². The van der Waals surface area contributed by atoms with E-state index >= 15 is 0 Å². The lowest BCUT2D eigenvalue weighted by atomic mass is 9.92. The maximum absolute atomic E-state index is 5.95. The van der Waals surface area contributed by atoms with Gasteiger partial charge in [0.2, 0.25) is 5.89 Å². The fraction of sp³-hybridized carbons (Fsp3) is 0.130. The average Bonchev–Trinajstić information content (AvgIpc) is 3.39. The largest absolute Gasteiger partial charge is 0.436 e. The number of aromatic amines is 1. The maximum Gasteiger partial charge on any atom is 0.227 e. The van der Waals surface area contributed by atoms with Gasteiger partial charge >= 0.3 is 0 Å². The van der Waals surface area contributed by atoms with Crippen LogP contribution in [0.4, 0.5) is 5.69 Å². The van der Waals surface area contributed by atoms with Crippen LogP contribution >= 0.6 is 0 Å². The Bertz CT molecular complexity index is 1280. The number of para-hydroxylation sites is 2. The predicted molar refractivity (Wildman–Crippen MR) is 110 cm³/mol. The number of oxazole rings is 1. The minimum absolute atomic E-state index is 0.277. The number of nitrogens with one attached hydrogen (secondary N) is 2. The van der Waals surface area contributed by atoms with Gasteiger partial charge in [-0.25, -0.2) is 9.97 Å². The van der Waals surface area contributed by atoms with Crippen LogP contribution in [0.25, 0.3) is 33.6 Å². The Balaban J connectivity index is 1.35. The van der Waals surface area contributed by atoms with Gasteiger partial charge in [0.25, 0.3) is 0 Å². The molecule has 28 heavy (non-hydrogen) atoms. The minimum atomic E-state index is 0.277. The molecule has 136 valence electrons. The molecule has 6 rings (SSSR count). The van der Waals surface area contributed by atoms with E-state index in [4.69, 9.17) is 4.42 Å². The molecule has 0 saturated carbocycles. The number of H-pyrrole nitrogens is 1. The molecule has 2 N–H and O–H groups in total. The highest BCUT2D eigenvalue weighted by Crippen LogP contribution is 2.36. The van der Waals surface area contributed by atoms with E-state index in [0.717, 1.165) is 46.2 Å². The van der Waals surface area contributed by atoms with Gasteiger partial charge in [-0.1, -0.05) is 24.3 Å². The van der Waals surface area contributed by atoms with E-state index in [9.17, 15) is 0 Å². The van der Waals surface area contributed by atoms with Crippen molar-refractivity contribution < 1.29 is 4.42 Å². The van der Waals surface area contributed by atoms with E-state index in [1.807, 2.05) is 24.3 Å². The molecule has 5 aromatic rings. The van der Waals surface area contributed by atoms with E-state index in [1.165, 1.54) is 11.1 Å². The summed E-state index contributed by atoms with van der Waals surface area (Å²) in [6, 6.07) is 21.0. The van der Waals surface area contributed by atoms with Crippen LogP contribution in [0.2, 0.25) is 0 Å². The van der Waals surface area contributed by atoms with Gasteiger partial charge in [0.15, 0.2) is 5.58 Å². The standard InChI is InChI=1S/C23H18N4O/c1-2-4-22-19(3-1)27-23(28-22)16-6-5-14-7-9-17(26-20(14)12-16)15-8-10-18-21(11-15)25-13-24-18/h1-6,8,10-13,17,26H,7,9H2,(H,24,25). The van der Waals surface area contributed by atoms with E-state index in [1.54, 1.807) is 6.33 Å². The van der Waals surface area contributed by atoms with Gasteiger partial charge in [-0.15, -0.1) is 0 Å². The van der Waals surface area contributed by atoms with Crippen molar-refractivity contribution in [3.63, 3.8) is 0 Å². The molecule has 0 bridgehead atoms. The Kier molecular flexibility index (Phi) is 3.29. The van der Waals surface area contributed by atoms with Crippen LogP contribution in [0.15, 0.2) is 71.4 Å². The molecule has 0 saturated heterocycles. The highest BCUT2D eigenvalue weighted by Gasteiger charge is 2.21. The van der Waals surface area contributed by atoms with Crippen molar-refractivity contribution in [1.29, 1.82) is 0 Å². The monoisotopic (exact) mass is 366 g/mol. The molecule has 1 aliphatic heterocycles. The van der Waals surface area contributed by atoms with Crippen molar-refractivity contribution in [3.05, 3.63) is 78.1 Å². The summed E-state index contributed by atoms with van der Waals surface area (Å²) in [4.78, 5) is 12.1. The molecule has 5 nitrogen and oxygen atoms in total. The first-order chi connectivity index (χ1) is 13.8. The van der Waals surface area contributed by atoms with Gasteiger partial charge in [-0.2, -0.15) is 0 Å². The number of benzene rings is 3. The lowest BCUT2D eigenvalue weighted by molar-refractivity contribution is 0.619. The molecule has 1 aliphatic rings. The van der Waals surface area contributed by atoms with Crippen molar-refractivity contribution in [1.82, 2.24) is 15.0 Å². The van der Waals surface area contributed by atoms with Gasteiger partial charge in [-0.05, 0) is 60.4 Å². The number of aromatic nitrogens is 3. The molecule has 1 unspecified atom stereocenters. The van der Waals surface area contributed by atoms with E-state index < -0.39 is 0 Å². The third-order valence-electron chi connectivity index (χ3n) is 5.53. The normalized spacial score (nSPS) is 16.2. The number of imidazole rings is 1. The summed E-state index contributed by atoms with van der Waals surface area (Å²) in [6.45, 7) is 0. The van der Waals surface area contributed by atoms with Gasteiger partial charge in [0.1, 0.15) is 5.52 Å². The summed E-state index contributed by atoms with van der Waals surface area (Å²) >= 11 is 0. The second kappa shape index (κ2) is 5.96. The van der Waals surface area contributed by atoms with Crippen molar-refractivity contribution in [2.75, 3.05) is 5.32 Å². The molecule has 0 radical (unpaired) electrons. The summed E-state index contributed by atoms with van der Waals surface area (Å²) in [7, 11) is 0. The molecule has 5 heteroatoms. The molecule has 0 spiro atoms. The summed E-state index contributed by atoms with van der Waals surface area (Å²) in [5.74, 6) is 0.659. The zero-order valence-electron chi connectivity index (χ0n) is 15.1. The highest BCUT2D eigenvalue weighted by atomic mass is 16.3. The molecular formula is C23H18N4O. The summed E-state index contributed by atoms with van der Waals surface area (Å²) in [5, 5.41) is 3.71. The fourth-order valence-corrected chi connectivity index (χ4v) is 4.04. The van der Waals surface area contributed by atoms with Crippen LogP contribution in [0.5, 0.6) is 0 Å². The number of anilines is 1. The first kappa shape index (κ1) is 15.5.